The normalized spacial score (nSPS) is 23.7. The number of benzene rings is 2. The van der Waals surface area contributed by atoms with Crippen LogP contribution in [0.15, 0.2) is 66.4 Å². The van der Waals surface area contributed by atoms with E-state index in [0.717, 1.165) is 63.0 Å². The number of amides is 2. The summed E-state index contributed by atoms with van der Waals surface area (Å²) in [6.07, 6.45) is 10.5. The summed E-state index contributed by atoms with van der Waals surface area (Å²) in [7, 11) is 0. The lowest BCUT2D eigenvalue weighted by molar-refractivity contribution is 0.193. The summed E-state index contributed by atoms with van der Waals surface area (Å²) in [4.78, 5) is 15.0. The number of likely N-dealkylation sites (tertiary alicyclic amines) is 1. The van der Waals surface area contributed by atoms with Crippen LogP contribution in [0.1, 0.15) is 61.9 Å². The van der Waals surface area contributed by atoms with E-state index >= 15 is 0 Å². The summed E-state index contributed by atoms with van der Waals surface area (Å²) in [5, 5.41) is 8.04. The van der Waals surface area contributed by atoms with Crippen LogP contribution >= 0.6 is 0 Å². The number of aromatic nitrogens is 2. The summed E-state index contributed by atoms with van der Waals surface area (Å²) in [5.74, 6) is 0.212. The van der Waals surface area contributed by atoms with E-state index < -0.39 is 0 Å². The smallest absolute Gasteiger partial charge is 0.317 e. The van der Waals surface area contributed by atoms with Crippen molar-refractivity contribution < 1.29 is 9.18 Å². The second-order valence-electron chi connectivity index (χ2n) is 10.8. The van der Waals surface area contributed by atoms with Crippen LogP contribution in [0.4, 0.5) is 9.18 Å². The standard InChI is InChI=1S/C30H33FN4O/c1-30-19-22-20-32-35(26-13-11-25(31)12-14-26)28(22)18-24(30)10-9-23(30)17-27(21-7-3-2-4-8-21)33-29(36)34-15-5-6-16-34/h2-4,7-8,11-14,18,20,23,27H,5-6,9-10,15-17,19H2,1H3,(H,33,36)/t23-,27?,30-/m1/s1. The topological polar surface area (TPSA) is 50.2 Å². The van der Waals surface area contributed by atoms with Crippen molar-refractivity contribution in [3.05, 3.63) is 89.0 Å². The lowest BCUT2D eigenvalue weighted by Crippen LogP contribution is -2.41. The van der Waals surface area contributed by atoms with Crippen LogP contribution in [0, 0.1) is 17.2 Å². The summed E-state index contributed by atoms with van der Waals surface area (Å²) >= 11 is 0. The van der Waals surface area contributed by atoms with Gasteiger partial charge in [0.2, 0.25) is 0 Å². The molecular weight excluding hydrogens is 451 g/mol. The molecule has 1 aromatic heterocycles. The zero-order valence-electron chi connectivity index (χ0n) is 20.8. The van der Waals surface area contributed by atoms with E-state index in [0.29, 0.717) is 5.92 Å². The number of hydrogen-bond donors (Lipinski definition) is 1. The number of fused-ring (bicyclic) bond motifs is 2. The van der Waals surface area contributed by atoms with Crippen molar-refractivity contribution >= 4 is 12.1 Å². The van der Waals surface area contributed by atoms with Crippen molar-refractivity contribution in [3.63, 3.8) is 0 Å². The number of carbonyl (C=O) groups is 1. The minimum atomic E-state index is -0.242. The highest BCUT2D eigenvalue weighted by molar-refractivity contribution is 5.75. The fraction of sp³-hybridized carbons (Fsp3) is 0.400. The van der Waals surface area contributed by atoms with Crippen LogP contribution in [0.3, 0.4) is 0 Å². The summed E-state index contributed by atoms with van der Waals surface area (Å²) < 4.78 is 15.4. The first-order valence-electron chi connectivity index (χ1n) is 13.2. The number of allylic oxidation sites excluding steroid dienone is 1. The predicted molar refractivity (Wildman–Crippen MR) is 139 cm³/mol. The summed E-state index contributed by atoms with van der Waals surface area (Å²) in [6, 6.07) is 17.0. The van der Waals surface area contributed by atoms with Crippen LogP contribution in [0.25, 0.3) is 11.8 Å². The Morgan fingerprint density at radius 1 is 1.14 bits per heavy atom. The molecule has 2 amide bonds. The molecule has 1 aliphatic heterocycles. The van der Waals surface area contributed by atoms with Crippen molar-refractivity contribution in [1.82, 2.24) is 20.0 Å². The van der Waals surface area contributed by atoms with Gasteiger partial charge in [-0.1, -0.05) is 42.8 Å². The van der Waals surface area contributed by atoms with E-state index in [1.54, 1.807) is 12.1 Å². The molecule has 2 heterocycles. The fourth-order valence-corrected chi connectivity index (χ4v) is 6.51. The molecule has 1 unspecified atom stereocenters. The molecule has 3 aromatic rings. The van der Waals surface area contributed by atoms with Gasteiger partial charge < -0.3 is 10.2 Å². The van der Waals surface area contributed by atoms with Gasteiger partial charge >= 0.3 is 6.03 Å². The monoisotopic (exact) mass is 484 g/mol. The van der Waals surface area contributed by atoms with Gasteiger partial charge in [0.15, 0.2) is 0 Å². The van der Waals surface area contributed by atoms with Crippen LogP contribution in [0.5, 0.6) is 0 Å². The molecule has 3 atom stereocenters. The van der Waals surface area contributed by atoms with Gasteiger partial charge in [-0.05, 0) is 91.3 Å². The van der Waals surface area contributed by atoms with E-state index in [4.69, 9.17) is 0 Å². The Morgan fingerprint density at radius 3 is 2.64 bits per heavy atom. The van der Waals surface area contributed by atoms with Gasteiger partial charge in [-0.15, -0.1) is 0 Å². The van der Waals surface area contributed by atoms with Gasteiger partial charge in [0.05, 0.1) is 23.6 Å². The lowest BCUT2D eigenvalue weighted by atomic mass is 9.68. The Morgan fingerprint density at radius 2 is 1.89 bits per heavy atom. The minimum absolute atomic E-state index is 0.0104. The molecule has 0 spiro atoms. The van der Waals surface area contributed by atoms with Crippen LogP contribution in [-0.2, 0) is 6.42 Å². The quantitative estimate of drug-likeness (QED) is 0.462. The van der Waals surface area contributed by atoms with Crippen molar-refractivity contribution in [2.24, 2.45) is 11.3 Å². The second-order valence-corrected chi connectivity index (χ2v) is 10.8. The third-order valence-corrected chi connectivity index (χ3v) is 8.64. The Hall–Kier alpha value is -3.41. The molecule has 6 heteroatoms. The number of nitrogens with zero attached hydrogens (tertiary/aromatic N) is 3. The molecule has 1 N–H and O–H groups in total. The molecule has 186 valence electrons. The fourth-order valence-electron chi connectivity index (χ4n) is 6.51. The second kappa shape index (κ2) is 9.23. The maximum atomic E-state index is 13.5. The number of nitrogens with one attached hydrogen (secondary N) is 1. The van der Waals surface area contributed by atoms with Crippen LogP contribution in [-0.4, -0.2) is 33.8 Å². The first-order valence-corrected chi connectivity index (χ1v) is 13.2. The third kappa shape index (κ3) is 4.12. The van der Waals surface area contributed by atoms with Crippen LogP contribution in [0.2, 0.25) is 0 Å². The van der Waals surface area contributed by atoms with Crippen molar-refractivity contribution in [3.8, 4) is 5.69 Å². The number of halogens is 1. The molecule has 36 heavy (non-hydrogen) atoms. The Kier molecular flexibility index (Phi) is 5.90. The number of hydrogen-bond acceptors (Lipinski definition) is 2. The van der Waals surface area contributed by atoms with Gasteiger partial charge in [0, 0.05) is 13.1 Å². The molecular formula is C30H33FN4O. The minimum Gasteiger partial charge on any atom is -0.331 e. The van der Waals surface area contributed by atoms with E-state index in [9.17, 15) is 9.18 Å². The van der Waals surface area contributed by atoms with E-state index in [-0.39, 0.29) is 23.3 Å². The third-order valence-electron chi connectivity index (χ3n) is 8.64. The zero-order chi connectivity index (χ0) is 24.7. The molecule has 3 aliphatic rings. The van der Waals surface area contributed by atoms with Gasteiger partial charge in [-0.25, -0.2) is 13.9 Å². The average Bonchev–Trinajstić information content (AvgIpc) is 3.63. The summed E-state index contributed by atoms with van der Waals surface area (Å²) in [6.45, 7) is 4.09. The average molecular weight is 485 g/mol. The maximum Gasteiger partial charge on any atom is 0.317 e. The number of rotatable bonds is 5. The van der Waals surface area contributed by atoms with Gasteiger partial charge in [-0.3, -0.25) is 0 Å². The number of urea groups is 1. The Labute approximate surface area is 212 Å². The highest BCUT2D eigenvalue weighted by Gasteiger charge is 2.46. The SMILES string of the molecule is C[C@]12Cc3cnn(-c4ccc(F)cc4)c3C=C1CC[C@@H]2CC(NC(=O)N1CCCC1)c1ccccc1. The van der Waals surface area contributed by atoms with Gasteiger partial charge in [0.1, 0.15) is 5.82 Å². The molecule has 0 radical (unpaired) electrons. The largest absolute Gasteiger partial charge is 0.331 e. The van der Waals surface area contributed by atoms with Crippen molar-refractivity contribution in [2.45, 2.75) is 51.5 Å². The first-order chi connectivity index (χ1) is 17.5. The summed E-state index contributed by atoms with van der Waals surface area (Å²) in [5.41, 5.74) is 5.89. The molecule has 2 fully saturated rings. The molecule has 5 nitrogen and oxygen atoms in total. The maximum absolute atomic E-state index is 13.5. The van der Waals surface area contributed by atoms with Crippen LogP contribution < -0.4 is 5.32 Å². The van der Waals surface area contributed by atoms with Gasteiger partial charge in [0.25, 0.3) is 0 Å². The highest BCUT2D eigenvalue weighted by Crippen LogP contribution is 2.55. The van der Waals surface area contributed by atoms with Gasteiger partial charge in [-0.2, -0.15) is 5.10 Å². The zero-order valence-corrected chi connectivity index (χ0v) is 20.8. The highest BCUT2D eigenvalue weighted by atomic mass is 19.1. The first kappa shape index (κ1) is 23.0. The molecule has 0 bridgehead atoms. The Bertz CT molecular complexity index is 1280. The van der Waals surface area contributed by atoms with E-state index in [1.165, 1.54) is 28.8 Å². The molecule has 6 rings (SSSR count). The van der Waals surface area contributed by atoms with Crippen molar-refractivity contribution in [2.75, 3.05) is 13.1 Å². The molecule has 2 aromatic carbocycles. The molecule has 1 saturated heterocycles. The Balaban J connectivity index is 1.26. The lowest BCUT2D eigenvalue weighted by Gasteiger charge is -2.38. The number of carbonyl (C=O) groups excluding carboxylic acids is 1. The van der Waals surface area contributed by atoms with E-state index in [2.05, 4.69) is 47.7 Å². The molecule has 2 aliphatic carbocycles. The van der Waals surface area contributed by atoms with Crippen molar-refractivity contribution in [1.29, 1.82) is 0 Å². The molecule has 1 saturated carbocycles. The predicted octanol–water partition coefficient (Wildman–Crippen LogP) is 6.30. The van der Waals surface area contributed by atoms with E-state index in [1.807, 2.05) is 21.8 Å².